The van der Waals surface area contributed by atoms with E-state index in [1.165, 1.54) is 16.5 Å². The quantitative estimate of drug-likeness (QED) is 0.842. The predicted octanol–water partition coefficient (Wildman–Crippen LogP) is 2.39. The maximum Gasteiger partial charge on any atom is 0.135 e. The largest absolute Gasteiger partial charge is 0.350 e. The number of para-hydroxylation sites is 1. The van der Waals surface area contributed by atoms with Crippen LogP contribution in [0.25, 0.3) is 10.9 Å². The molecule has 3 rings (SSSR count). The lowest BCUT2D eigenvalue weighted by molar-refractivity contribution is -0.121. The van der Waals surface area contributed by atoms with E-state index in [9.17, 15) is 4.79 Å². The van der Waals surface area contributed by atoms with Crippen LogP contribution in [-0.2, 0) is 18.3 Å². The van der Waals surface area contributed by atoms with Gasteiger partial charge in [-0.1, -0.05) is 18.2 Å². The van der Waals surface area contributed by atoms with Gasteiger partial charge < -0.3 is 9.47 Å². The summed E-state index contributed by atoms with van der Waals surface area (Å²) in [4.78, 5) is 13.6. The minimum atomic E-state index is 0.418. The van der Waals surface area contributed by atoms with Crippen molar-refractivity contribution in [1.29, 1.82) is 0 Å². The summed E-state index contributed by atoms with van der Waals surface area (Å²) in [6.45, 7) is 2.93. The predicted molar refractivity (Wildman–Crippen MR) is 77.3 cm³/mol. The first-order valence-electron chi connectivity index (χ1n) is 7.01. The number of aromatic nitrogens is 1. The number of benzene rings is 1. The molecule has 0 bridgehead atoms. The first-order valence-corrected chi connectivity index (χ1v) is 7.01. The van der Waals surface area contributed by atoms with Gasteiger partial charge >= 0.3 is 0 Å². The van der Waals surface area contributed by atoms with E-state index in [4.69, 9.17) is 0 Å². The highest BCUT2D eigenvalue weighted by Gasteiger charge is 2.16. The van der Waals surface area contributed by atoms with Crippen molar-refractivity contribution >= 4 is 16.7 Å². The number of ketones is 1. The molecule has 0 aliphatic carbocycles. The van der Waals surface area contributed by atoms with Gasteiger partial charge in [-0.15, -0.1) is 0 Å². The van der Waals surface area contributed by atoms with Gasteiger partial charge in [0.2, 0.25) is 0 Å². The maximum atomic E-state index is 11.2. The second kappa shape index (κ2) is 5.17. The number of aryl methyl sites for hydroxylation is 1. The van der Waals surface area contributed by atoms with Gasteiger partial charge in [-0.2, -0.15) is 0 Å². The Kier molecular flexibility index (Phi) is 3.38. The third-order valence-electron chi connectivity index (χ3n) is 4.09. The highest BCUT2D eigenvalue weighted by molar-refractivity contribution is 5.83. The average molecular weight is 256 g/mol. The Bertz CT molecular complexity index is 590. The fourth-order valence-corrected chi connectivity index (χ4v) is 2.93. The summed E-state index contributed by atoms with van der Waals surface area (Å²) in [6, 6.07) is 8.55. The number of fused-ring (bicyclic) bond motifs is 1. The van der Waals surface area contributed by atoms with E-state index in [0.29, 0.717) is 5.78 Å². The molecule has 0 unspecified atom stereocenters. The third kappa shape index (κ3) is 2.56. The van der Waals surface area contributed by atoms with Crippen molar-refractivity contribution in [3.63, 3.8) is 0 Å². The van der Waals surface area contributed by atoms with Crippen molar-refractivity contribution in [2.45, 2.75) is 19.3 Å². The van der Waals surface area contributed by atoms with Gasteiger partial charge in [0.05, 0.1) is 0 Å². The molecule has 1 aromatic heterocycles. The van der Waals surface area contributed by atoms with Crippen molar-refractivity contribution in [3.05, 3.63) is 36.0 Å². The van der Waals surface area contributed by atoms with Crippen molar-refractivity contribution in [2.75, 3.05) is 19.6 Å². The number of hydrogen-bond donors (Lipinski definition) is 0. The molecule has 2 heterocycles. The van der Waals surface area contributed by atoms with Crippen LogP contribution in [0.4, 0.5) is 0 Å². The molecule has 19 heavy (non-hydrogen) atoms. The number of piperidine rings is 1. The maximum absolute atomic E-state index is 11.2. The molecule has 100 valence electrons. The lowest BCUT2D eigenvalue weighted by atomic mass is 10.1. The average Bonchev–Trinajstić information content (AvgIpc) is 2.76. The van der Waals surface area contributed by atoms with Crippen LogP contribution in [0.2, 0.25) is 0 Å². The van der Waals surface area contributed by atoms with Crippen LogP contribution in [0.1, 0.15) is 18.4 Å². The molecule has 1 aliphatic rings. The van der Waals surface area contributed by atoms with Crippen LogP contribution < -0.4 is 0 Å². The molecule has 3 nitrogen and oxygen atoms in total. The molecule has 0 radical (unpaired) electrons. The van der Waals surface area contributed by atoms with Crippen molar-refractivity contribution < 1.29 is 4.79 Å². The van der Waals surface area contributed by atoms with E-state index in [1.54, 1.807) is 0 Å². The molecule has 2 aromatic rings. The fraction of sp³-hybridized carbons (Fsp3) is 0.438. The second-order valence-corrected chi connectivity index (χ2v) is 5.41. The normalized spacial score (nSPS) is 17.2. The Morgan fingerprint density at radius 1 is 1.16 bits per heavy atom. The first-order chi connectivity index (χ1) is 9.24. The van der Waals surface area contributed by atoms with Gasteiger partial charge in [0.15, 0.2) is 0 Å². The molecule has 3 heteroatoms. The zero-order chi connectivity index (χ0) is 13.2. The Morgan fingerprint density at radius 2 is 1.89 bits per heavy atom. The lowest BCUT2D eigenvalue weighted by Gasteiger charge is -2.25. The molecule has 0 saturated carbocycles. The molecule has 1 fully saturated rings. The molecule has 1 aliphatic heterocycles. The van der Waals surface area contributed by atoms with Gasteiger partial charge in [0.25, 0.3) is 0 Å². The van der Waals surface area contributed by atoms with Crippen molar-refractivity contribution in [1.82, 2.24) is 9.47 Å². The molecule has 1 aromatic carbocycles. The summed E-state index contributed by atoms with van der Waals surface area (Å²) >= 11 is 0. The third-order valence-corrected chi connectivity index (χ3v) is 4.09. The minimum absolute atomic E-state index is 0.418. The lowest BCUT2D eigenvalue weighted by Crippen LogP contribution is -2.35. The van der Waals surface area contributed by atoms with Gasteiger partial charge in [0.1, 0.15) is 5.78 Å². The summed E-state index contributed by atoms with van der Waals surface area (Å²) in [5.74, 6) is 0.418. The topological polar surface area (TPSA) is 25.2 Å². The SMILES string of the molecule is Cn1cc(CCN2CCC(=O)CC2)c2ccccc21. The van der Waals surface area contributed by atoms with Crippen LogP contribution in [0.15, 0.2) is 30.5 Å². The minimum Gasteiger partial charge on any atom is -0.350 e. The summed E-state index contributed by atoms with van der Waals surface area (Å²) in [5.41, 5.74) is 2.71. The Morgan fingerprint density at radius 3 is 2.68 bits per heavy atom. The molecule has 1 saturated heterocycles. The molecular weight excluding hydrogens is 236 g/mol. The number of likely N-dealkylation sites (tertiary alicyclic amines) is 1. The van der Waals surface area contributed by atoms with E-state index >= 15 is 0 Å². The van der Waals surface area contributed by atoms with Crippen molar-refractivity contribution in [2.24, 2.45) is 7.05 Å². The van der Waals surface area contributed by atoms with Gasteiger partial charge in [-0.25, -0.2) is 0 Å². The standard InChI is InChI=1S/C16H20N2O/c1-17-12-13(15-4-2-3-5-16(15)17)6-9-18-10-7-14(19)8-11-18/h2-5,12H,6-11H2,1H3. The van der Waals surface area contributed by atoms with Crippen LogP contribution in [0.5, 0.6) is 0 Å². The van der Waals surface area contributed by atoms with Crippen LogP contribution in [0, 0.1) is 0 Å². The number of nitrogens with zero attached hydrogens (tertiary/aromatic N) is 2. The second-order valence-electron chi connectivity index (χ2n) is 5.41. The zero-order valence-corrected chi connectivity index (χ0v) is 11.4. The molecule has 0 spiro atoms. The highest BCUT2D eigenvalue weighted by Crippen LogP contribution is 2.21. The Hall–Kier alpha value is -1.61. The van der Waals surface area contributed by atoms with E-state index in [0.717, 1.165) is 38.9 Å². The molecule has 0 N–H and O–H groups in total. The van der Waals surface area contributed by atoms with E-state index in [2.05, 4.69) is 47.0 Å². The smallest absolute Gasteiger partial charge is 0.135 e. The van der Waals surface area contributed by atoms with Gasteiger partial charge in [-0.3, -0.25) is 4.79 Å². The van der Waals surface area contributed by atoms with E-state index < -0.39 is 0 Å². The summed E-state index contributed by atoms with van der Waals surface area (Å²) in [7, 11) is 2.10. The molecule has 0 atom stereocenters. The first kappa shape index (κ1) is 12.4. The van der Waals surface area contributed by atoms with Crippen molar-refractivity contribution in [3.8, 4) is 0 Å². The highest BCUT2D eigenvalue weighted by atomic mass is 16.1. The monoisotopic (exact) mass is 256 g/mol. The molecule has 0 amide bonds. The van der Waals surface area contributed by atoms with E-state index in [-0.39, 0.29) is 0 Å². The van der Waals surface area contributed by atoms with Crippen LogP contribution in [0.3, 0.4) is 0 Å². The van der Waals surface area contributed by atoms with Crippen LogP contribution >= 0.6 is 0 Å². The van der Waals surface area contributed by atoms with Crippen LogP contribution in [-0.4, -0.2) is 34.9 Å². The zero-order valence-electron chi connectivity index (χ0n) is 11.4. The number of carbonyl (C=O) groups excluding carboxylic acids is 1. The summed E-state index contributed by atoms with van der Waals surface area (Å²) in [5, 5.41) is 1.36. The number of hydrogen-bond acceptors (Lipinski definition) is 2. The summed E-state index contributed by atoms with van der Waals surface area (Å²) < 4.78 is 2.20. The molecular formula is C16H20N2O. The fourth-order valence-electron chi connectivity index (χ4n) is 2.93. The Balaban J connectivity index is 1.70. The number of Topliss-reactive ketones (excluding diaryl/α,β-unsaturated/α-hetero) is 1. The van der Waals surface area contributed by atoms with Gasteiger partial charge in [0, 0.05) is 56.6 Å². The Labute approximate surface area is 113 Å². The number of carbonyl (C=O) groups is 1. The summed E-state index contributed by atoms with van der Waals surface area (Å²) in [6.07, 6.45) is 4.76. The van der Waals surface area contributed by atoms with E-state index in [1.807, 2.05) is 0 Å². The number of rotatable bonds is 3. The van der Waals surface area contributed by atoms with Gasteiger partial charge in [-0.05, 0) is 18.1 Å².